The van der Waals surface area contributed by atoms with Gasteiger partial charge in [0.25, 0.3) is 10.0 Å². The molecule has 0 bridgehead atoms. The summed E-state index contributed by atoms with van der Waals surface area (Å²) in [6, 6.07) is 1.22. The van der Waals surface area contributed by atoms with E-state index in [4.69, 9.17) is 14.3 Å². The van der Waals surface area contributed by atoms with Gasteiger partial charge in [0, 0.05) is 13.7 Å². The van der Waals surface area contributed by atoms with E-state index < -0.39 is 32.9 Å². The van der Waals surface area contributed by atoms with Crippen LogP contribution in [0.1, 0.15) is 36.2 Å². The maximum atomic E-state index is 12.8. The van der Waals surface area contributed by atoms with E-state index in [1.54, 1.807) is 7.11 Å². The molecule has 1 aromatic rings. The molecule has 2 fully saturated rings. The molecule has 26 heavy (non-hydrogen) atoms. The van der Waals surface area contributed by atoms with Crippen LogP contribution in [0.2, 0.25) is 0 Å². The number of sulfonamides is 1. The van der Waals surface area contributed by atoms with E-state index >= 15 is 0 Å². The van der Waals surface area contributed by atoms with Crippen molar-refractivity contribution < 1.29 is 32.3 Å². The molecule has 0 aromatic carbocycles. The number of carbonyl (C=O) groups excluding carboxylic acids is 1. The molecule has 1 aliphatic carbocycles. The van der Waals surface area contributed by atoms with Crippen LogP contribution in [0.15, 0.2) is 21.6 Å². The van der Waals surface area contributed by atoms with Crippen molar-refractivity contribution >= 4 is 21.9 Å². The average Bonchev–Trinajstić information content (AvgIpc) is 3.11. The minimum atomic E-state index is -4.09. The summed E-state index contributed by atoms with van der Waals surface area (Å²) in [5, 5.41) is 11.3. The topological polar surface area (TPSA) is 126 Å². The maximum absolute atomic E-state index is 12.8. The number of carbonyl (C=O) groups is 2. The van der Waals surface area contributed by atoms with Crippen molar-refractivity contribution in [3.05, 3.63) is 17.9 Å². The quantitative estimate of drug-likeness (QED) is 0.672. The summed E-state index contributed by atoms with van der Waals surface area (Å²) < 4.78 is 36.7. The molecule has 0 radical (unpaired) electrons. The third-order valence-electron chi connectivity index (χ3n) is 4.73. The van der Waals surface area contributed by atoms with Crippen LogP contribution in [0.25, 0.3) is 0 Å². The first-order valence-electron chi connectivity index (χ1n) is 8.49. The molecule has 1 amide bonds. The lowest BCUT2D eigenvalue weighted by molar-refractivity contribution is -0.125. The number of ether oxygens (including phenoxy) is 1. The van der Waals surface area contributed by atoms with Gasteiger partial charge in [0.1, 0.15) is 6.04 Å². The molecule has 0 spiro atoms. The lowest BCUT2D eigenvalue weighted by atomic mass is 10.1. The normalized spacial score (nSPS) is 22.3. The Labute approximate surface area is 151 Å². The standard InChI is InChI=1S/C16H22N2O7S/c1-24-9-11(10-4-5-10)17-15(19)12-3-2-8-18(12)26(22,23)14-7-6-13(25-14)16(20)21/h6-7,10-12H,2-5,8-9H2,1H3,(H,17,19)(H,20,21). The first kappa shape index (κ1) is 18.9. The summed E-state index contributed by atoms with van der Waals surface area (Å²) in [5.74, 6) is -1.80. The molecule has 1 aromatic heterocycles. The van der Waals surface area contributed by atoms with Crippen molar-refractivity contribution in [3.63, 3.8) is 0 Å². The number of hydrogen-bond donors (Lipinski definition) is 2. The highest BCUT2D eigenvalue weighted by Crippen LogP contribution is 2.33. The number of furan rings is 1. The Morgan fingerprint density at radius 1 is 1.38 bits per heavy atom. The van der Waals surface area contributed by atoms with Crippen LogP contribution in [0.4, 0.5) is 0 Å². The average molecular weight is 386 g/mol. The summed E-state index contributed by atoms with van der Waals surface area (Å²) in [4.78, 5) is 23.6. The zero-order valence-corrected chi connectivity index (χ0v) is 15.2. The second-order valence-corrected chi connectivity index (χ2v) is 8.43. The zero-order valence-electron chi connectivity index (χ0n) is 14.4. The number of carboxylic acids is 1. The van der Waals surface area contributed by atoms with Gasteiger partial charge in [-0.1, -0.05) is 0 Å². The first-order chi connectivity index (χ1) is 12.3. The Morgan fingerprint density at radius 2 is 2.12 bits per heavy atom. The largest absolute Gasteiger partial charge is 0.475 e. The minimum absolute atomic E-state index is 0.125. The molecule has 9 nitrogen and oxygen atoms in total. The van der Waals surface area contributed by atoms with Gasteiger partial charge in [-0.05, 0) is 43.7 Å². The molecule has 1 saturated heterocycles. The lowest BCUT2D eigenvalue weighted by Gasteiger charge is -2.25. The van der Waals surface area contributed by atoms with Crippen molar-refractivity contribution in [2.45, 2.75) is 42.9 Å². The smallest absolute Gasteiger partial charge is 0.371 e. The second kappa shape index (κ2) is 7.37. The van der Waals surface area contributed by atoms with E-state index in [-0.39, 0.29) is 18.5 Å². The van der Waals surface area contributed by atoms with Crippen molar-refractivity contribution in [3.8, 4) is 0 Å². The molecular formula is C16H22N2O7S. The van der Waals surface area contributed by atoms with Gasteiger partial charge in [-0.2, -0.15) is 4.31 Å². The van der Waals surface area contributed by atoms with Crippen LogP contribution < -0.4 is 5.32 Å². The molecule has 3 rings (SSSR count). The predicted molar refractivity (Wildman–Crippen MR) is 89.1 cm³/mol. The number of carboxylic acid groups (broad SMARTS) is 1. The SMILES string of the molecule is COCC(NC(=O)C1CCCN1S(=O)(=O)c1ccc(C(=O)O)o1)C1CC1. The lowest BCUT2D eigenvalue weighted by Crippen LogP contribution is -2.50. The van der Waals surface area contributed by atoms with Gasteiger partial charge < -0.3 is 19.6 Å². The van der Waals surface area contributed by atoms with Crippen molar-refractivity contribution in [2.75, 3.05) is 20.3 Å². The summed E-state index contributed by atoms with van der Waals surface area (Å²) in [6.45, 7) is 0.567. The van der Waals surface area contributed by atoms with Gasteiger partial charge >= 0.3 is 5.97 Å². The number of aromatic carboxylic acids is 1. The Kier molecular flexibility index (Phi) is 5.35. The second-order valence-electron chi connectivity index (χ2n) is 6.61. The fourth-order valence-corrected chi connectivity index (χ4v) is 4.80. The fourth-order valence-electron chi connectivity index (χ4n) is 3.23. The summed E-state index contributed by atoms with van der Waals surface area (Å²) in [7, 11) is -2.53. The van der Waals surface area contributed by atoms with Crippen LogP contribution in [-0.4, -0.2) is 62.1 Å². The number of amides is 1. The minimum Gasteiger partial charge on any atom is -0.475 e. The van der Waals surface area contributed by atoms with Gasteiger partial charge in [-0.25, -0.2) is 13.2 Å². The van der Waals surface area contributed by atoms with Gasteiger partial charge in [-0.3, -0.25) is 4.79 Å². The third-order valence-corrected chi connectivity index (χ3v) is 6.51. The zero-order chi connectivity index (χ0) is 18.9. The van der Waals surface area contributed by atoms with Crippen LogP contribution in [-0.2, 0) is 19.6 Å². The van der Waals surface area contributed by atoms with E-state index in [9.17, 15) is 18.0 Å². The van der Waals surface area contributed by atoms with Crippen LogP contribution >= 0.6 is 0 Å². The highest BCUT2D eigenvalue weighted by atomic mass is 32.2. The molecule has 2 unspecified atom stereocenters. The monoisotopic (exact) mass is 386 g/mol. The van der Waals surface area contributed by atoms with Crippen LogP contribution in [0.3, 0.4) is 0 Å². The van der Waals surface area contributed by atoms with Crippen LogP contribution in [0.5, 0.6) is 0 Å². The molecule has 1 aliphatic heterocycles. The molecule has 2 aliphatic rings. The van der Waals surface area contributed by atoms with Gasteiger partial charge in [0.15, 0.2) is 0 Å². The molecule has 144 valence electrons. The van der Waals surface area contributed by atoms with E-state index in [2.05, 4.69) is 5.32 Å². The Bertz CT molecular complexity index is 784. The number of methoxy groups -OCH3 is 1. The fraction of sp³-hybridized carbons (Fsp3) is 0.625. The first-order valence-corrected chi connectivity index (χ1v) is 9.93. The van der Waals surface area contributed by atoms with E-state index in [1.165, 1.54) is 0 Å². The van der Waals surface area contributed by atoms with Gasteiger partial charge in [0.2, 0.25) is 16.8 Å². The molecule has 2 N–H and O–H groups in total. The van der Waals surface area contributed by atoms with E-state index in [0.717, 1.165) is 29.3 Å². The summed E-state index contributed by atoms with van der Waals surface area (Å²) >= 11 is 0. The van der Waals surface area contributed by atoms with Crippen molar-refractivity contribution in [2.24, 2.45) is 5.92 Å². The van der Waals surface area contributed by atoms with Crippen molar-refractivity contribution in [1.82, 2.24) is 9.62 Å². The van der Waals surface area contributed by atoms with Crippen molar-refractivity contribution in [1.29, 1.82) is 0 Å². The predicted octanol–water partition coefficient (Wildman–Crippen LogP) is 0.672. The summed E-state index contributed by atoms with van der Waals surface area (Å²) in [6.07, 6.45) is 2.99. The Balaban J connectivity index is 1.75. The van der Waals surface area contributed by atoms with Gasteiger partial charge in [-0.15, -0.1) is 0 Å². The molecule has 2 atom stereocenters. The Morgan fingerprint density at radius 3 is 2.69 bits per heavy atom. The summed E-state index contributed by atoms with van der Waals surface area (Å²) in [5.41, 5.74) is 0. The van der Waals surface area contributed by atoms with Crippen LogP contribution in [0, 0.1) is 5.92 Å². The molecule has 10 heteroatoms. The number of nitrogens with zero attached hydrogens (tertiary/aromatic N) is 1. The highest BCUT2D eigenvalue weighted by Gasteiger charge is 2.42. The number of rotatable bonds is 8. The highest BCUT2D eigenvalue weighted by molar-refractivity contribution is 7.89. The van der Waals surface area contributed by atoms with E-state index in [0.29, 0.717) is 25.4 Å². The molecule has 1 saturated carbocycles. The maximum Gasteiger partial charge on any atom is 0.371 e. The number of hydrogen-bond acceptors (Lipinski definition) is 6. The number of nitrogens with one attached hydrogen (secondary N) is 1. The van der Waals surface area contributed by atoms with E-state index in [1.807, 2.05) is 0 Å². The molecule has 2 heterocycles. The Hall–Kier alpha value is -1.91. The molecular weight excluding hydrogens is 364 g/mol. The van der Waals surface area contributed by atoms with Gasteiger partial charge in [0.05, 0.1) is 12.6 Å². The third kappa shape index (κ3) is 3.76.